The van der Waals surface area contributed by atoms with Gasteiger partial charge in [0.05, 0.1) is 0 Å². The first kappa shape index (κ1) is 19.0. The molecule has 0 bridgehead atoms. The van der Waals surface area contributed by atoms with Crippen LogP contribution in [-0.2, 0) is 17.8 Å². The molecule has 5 aromatic rings. The van der Waals surface area contributed by atoms with E-state index in [0.717, 1.165) is 27.3 Å². The van der Waals surface area contributed by atoms with E-state index in [0.29, 0.717) is 31.1 Å². The lowest BCUT2D eigenvalue weighted by atomic mass is 10.0. The molecule has 152 valence electrons. The van der Waals surface area contributed by atoms with Gasteiger partial charge in [-0.3, -0.25) is 4.79 Å². The standard InChI is InChI=1S/C26H21N3O2/c30-24(27-17-20-11-5-9-18-7-1-3-12-21(18)20)15-16-25-28-26(29-31-25)23-14-6-10-19-8-2-4-13-22(19)23/h1-14H,15-17H2,(H,27,30). The minimum absolute atomic E-state index is 0.0437. The molecule has 1 N–H and O–H groups in total. The van der Waals surface area contributed by atoms with Crippen molar-refractivity contribution < 1.29 is 9.32 Å². The number of rotatable bonds is 6. The molecule has 4 aromatic carbocycles. The van der Waals surface area contributed by atoms with Gasteiger partial charge in [-0.1, -0.05) is 90.1 Å². The van der Waals surface area contributed by atoms with Crippen LogP contribution in [0.2, 0.25) is 0 Å². The van der Waals surface area contributed by atoms with Crippen molar-refractivity contribution in [3.8, 4) is 11.4 Å². The number of benzene rings is 4. The maximum atomic E-state index is 12.4. The number of carbonyl (C=O) groups excluding carboxylic acids is 1. The smallest absolute Gasteiger partial charge is 0.227 e. The number of aryl methyl sites for hydroxylation is 1. The van der Waals surface area contributed by atoms with Crippen molar-refractivity contribution in [2.24, 2.45) is 0 Å². The molecule has 5 rings (SSSR count). The van der Waals surface area contributed by atoms with Gasteiger partial charge in [-0.2, -0.15) is 4.98 Å². The highest BCUT2D eigenvalue weighted by Crippen LogP contribution is 2.26. The molecule has 5 heteroatoms. The molecule has 0 aliphatic heterocycles. The van der Waals surface area contributed by atoms with E-state index in [1.807, 2.05) is 54.6 Å². The minimum atomic E-state index is -0.0437. The van der Waals surface area contributed by atoms with E-state index in [1.165, 1.54) is 5.39 Å². The van der Waals surface area contributed by atoms with E-state index < -0.39 is 0 Å². The van der Waals surface area contributed by atoms with Crippen LogP contribution in [-0.4, -0.2) is 16.0 Å². The number of carbonyl (C=O) groups is 1. The highest BCUT2D eigenvalue weighted by Gasteiger charge is 2.13. The van der Waals surface area contributed by atoms with Crippen LogP contribution in [0.15, 0.2) is 89.5 Å². The highest BCUT2D eigenvalue weighted by atomic mass is 16.5. The number of amides is 1. The van der Waals surface area contributed by atoms with Gasteiger partial charge in [0, 0.05) is 24.9 Å². The Morgan fingerprint density at radius 2 is 1.48 bits per heavy atom. The highest BCUT2D eigenvalue weighted by molar-refractivity contribution is 5.95. The van der Waals surface area contributed by atoms with Crippen molar-refractivity contribution in [2.75, 3.05) is 0 Å². The zero-order valence-corrected chi connectivity index (χ0v) is 16.9. The Balaban J connectivity index is 1.23. The molecule has 0 atom stereocenters. The number of aromatic nitrogens is 2. The fourth-order valence-corrected chi connectivity index (χ4v) is 3.84. The summed E-state index contributed by atoms with van der Waals surface area (Å²) in [6, 6.07) is 28.4. The van der Waals surface area contributed by atoms with Crippen molar-refractivity contribution in [1.82, 2.24) is 15.5 Å². The average molecular weight is 407 g/mol. The second-order valence-electron chi connectivity index (χ2n) is 7.45. The maximum Gasteiger partial charge on any atom is 0.227 e. The van der Waals surface area contributed by atoms with Crippen molar-refractivity contribution >= 4 is 27.5 Å². The largest absolute Gasteiger partial charge is 0.352 e. The molecule has 0 fully saturated rings. The number of fused-ring (bicyclic) bond motifs is 2. The molecule has 1 aromatic heterocycles. The predicted molar refractivity (Wildman–Crippen MR) is 121 cm³/mol. The van der Waals surface area contributed by atoms with Gasteiger partial charge in [0.15, 0.2) is 0 Å². The van der Waals surface area contributed by atoms with E-state index in [2.05, 4.69) is 45.8 Å². The van der Waals surface area contributed by atoms with E-state index in [1.54, 1.807) is 0 Å². The van der Waals surface area contributed by atoms with Gasteiger partial charge in [-0.05, 0) is 27.1 Å². The van der Waals surface area contributed by atoms with Crippen molar-refractivity contribution in [3.05, 3.63) is 96.4 Å². The van der Waals surface area contributed by atoms with E-state index >= 15 is 0 Å². The zero-order chi connectivity index (χ0) is 21.0. The summed E-state index contributed by atoms with van der Waals surface area (Å²) in [5.41, 5.74) is 2.02. The summed E-state index contributed by atoms with van der Waals surface area (Å²) in [4.78, 5) is 16.9. The molecule has 0 spiro atoms. The molecule has 0 radical (unpaired) electrons. The molecule has 0 unspecified atom stereocenters. The normalized spacial score (nSPS) is 11.1. The summed E-state index contributed by atoms with van der Waals surface area (Å²) < 4.78 is 5.40. The maximum absolute atomic E-state index is 12.4. The monoisotopic (exact) mass is 407 g/mol. The SMILES string of the molecule is O=C(CCc1nc(-c2cccc3ccccc23)no1)NCc1cccc2ccccc12. The lowest BCUT2D eigenvalue weighted by Gasteiger charge is -2.08. The molecule has 0 saturated carbocycles. The van der Waals surface area contributed by atoms with Gasteiger partial charge in [0.1, 0.15) is 0 Å². The Morgan fingerprint density at radius 1 is 0.806 bits per heavy atom. The summed E-state index contributed by atoms with van der Waals surface area (Å²) in [6.45, 7) is 0.491. The quantitative estimate of drug-likeness (QED) is 0.415. The van der Waals surface area contributed by atoms with Crippen LogP contribution < -0.4 is 5.32 Å². The number of nitrogens with one attached hydrogen (secondary N) is 1. The Bertz CT molecular complexity index is 1360. The lowest BCUT2D eigenvalue weighted by molar-refractivity contribution is -0.121. The molecule has 1 heterocycles. The van der Waals surface area contributed by atoms with Crippen LogP contribution in [0.25, 0.3) is 32.9 Å². The van der Waals surface area contributed by atoms with Crippen LogP contribution >= 0.6 is 0 Å². The Labute approximate surface area is 179 Å². The van der Waals surface area contributed by atoms with Gasteiger partial charge < -0.3 is 9.84 Å². The summed E-state index contributed by atoms with van der Waals surface area (Å²) >= 11 is 0. The molecule has 31 heavy (non-hydrogen) atoms. The fourth-order valence-electron chi connectivity index (χ4n) is 3.84. The first-order chi connectivity index (χ1) is 15.3. The summed E-state index contributed by atoms with van der Waals surface area (Å²) in [5, 5.41) is 11.6. The van der Waals surface area contributed by atoms with Gasteiger partial charge in [-0.15, -0.1) is 0 Å². The Kier molecular flexibility index (Phi) is 5.15. The molecule has 5 nitrogen and oxygen atoms in total. The Hall–Kier alpha value is -3.99. The average Bonchev–Trinajstić information content (AvgIpc) is 3.30. The summed E-state index contributed by atoms with van der Waals surface area (Å²) in [5.74, 6) is 0.962. The van der Waals surface area contributed by atoms with E-state index in [9.17, 15) is 4.79 Å². The number of hydrogen-bond donors (Lipinski definition) is 1. The fraction of sp³-hybridized carbons (Fsp3) is 0.115. The van der Waals surface area contributed by atoms with Gasteiger partial charge in [0.2, 0.25) is 17.6 Å². The third-order valence-corrected chi connectivity index (χ3v) is 5.42. The lowest BCUT2D eigenvalue weighted by Crippen LogP contribution is -2.23. The van der Waals surface area contributed by atoms with E-state index in [-0.39, 0.29) is 5.91 Å². The van der Waals surface area contributed by atoms with Crippen molar-refractivity contribution in [3.63, 3.8) is 0 Å². The van der Waals surface area contributed by atoms with E-state index in [4.69, 9.17) is 4.52 Å². The van der Waals surface area contributed by atoms with Crippen LogP contribution in [0.3, 0.4) is 0 Å². The second kappa shape index (κ2) is 8.40. The number of nitrogens with zero attached hydrogens (tertiary/aromatic N) is 2. The molecule has 0 aliphatic carbocycles. The number of hydrogen-bond acceptors (Lipinski definition) is 4. The van der Waals surface area contributed by atoms with Crippen LogP contribution in [0.5, 0.6) is 0 Å². The first-order valence-corrected chi connectivity index (χ1v) is 10.3. The molecule has 0 saturated heterocycles. The minimum Gasteiger partial charge on any atom is -0.352 e. The molecule has 1 amide bonds. The molecular formula is C26H21N3O2. The van der Waals surface area contributed by atoms with Crippen molar-refractivity contribution in [1.29, 1.82) is 0 Å². The molecule has 0 aliphatic rings. The van der Waals surface area contributed by atoms with Crippen LogP contribution in [0.1, 0.15) is 17.9 Å². The van der Waals surface area contributed by atoms with Gasteiger partial charge in [-0.25, -0.2) is 0 Å². The second-order valence-corrected chi connectivity index (χ2v) is 7.45. The summed E-state index contributed by atoms with van der Waals surface area (Å²) in [6.07, 6.45) is 0.696. The van der Waals surface area contributed by atoms with Crippen LogP contribution in [0.4, 0.5) is 0 Å². The summed E-state index contributed by atoms with van der Waals surface area (Å²) in [7, 11) is 0. The topological polar surface area (TPSA) is 68.0 Å². The third kappa shape index (κ3) is 4.03. The predicted octanol–water partition coefficient (Wildman–Crippen LogP) is 5.29. The zero-order valence-electron chi connectivity index (χ0n) is 16.9. The Morgan fingerprint density at radius 3 is 2.32 bits per heavy atom. The van der Waals surface area contributed by atoms with Gasteiger partial charge in [0.25, 0.3) is 0 Å². The van der Waals surface area contributed by atoms with Crippen molar-refractivity contribution in [2.45, 2.75) is 19.4 Å². The first-order valence-electron chi connectivity index (χ1n) is 10.3. The third-order valence-electron chi connectivity index (χ3n) is 5.42. The molecular weight excluding hydrogens is 386 g/mol. The van der Waals surface area contributed by atoms with Crippen LogP contribution in [0, 0.1) is 0 Å². The van der Waals surface area contributed by atoms with Gasteiger partial charge >= 0.3 is 0 Å².